The Morgan fingerprint density at radius 3 is 2.66 bits per heavy atom. The minimum atomic E-state index is -0.426. The van der Waals surface area contributed by atoms with E-state index in [0.29, 0.717) is 15.6 Å². The zero-order chi connectivity index (χ0) is 22.5. The van der Waals surface area contributed by atoms with Crippen molar-refractivity contribution in [3.8, 4) is 0 Å². The molecule has 0 fully saturated rings. The monoisotopic (exact) mass is 466 g/mol. The van der Waals surface area contributed by atoms with Gasteiger partial charge < -0.3 is 10.1 Å². The Kier molecular flexibility index (Phi) is 7.05. The number of fused-ring (bicyclic) bond motifs is 1. The zero-order valence-electron chi connectivity index (χ0n) is 17.6. The molecule has 0 bridgehead atoms. The first-order valence-corrected chi connectivity index (χ1v) is 11.5. The Bertz CT molecular complexity index is 1160. The van der Waals surface area contributed by atoms with Crippen molar-refractivity contribution in [1.29, 1.82) is 0 Å². The highest BCUT2D eigenvalue weighted by Gasteiger charge is 2.29. The van der Waals surface area contributed by atoms with E-state index in [1.165, 1.54) is 30.1 Å². The lowest BCUT2D eigenvalue weighted by Gasteiger charge is -2.27. The summed E-state index contributed by atoms with van der Waals surface area (Å²) in [5.41, 5.74) is 3.43. The van der Waals surface area contributed by atoms with Crippen LogP contribution in [0.25, 0.3) is 6.08 Å². The van der Waals surface area contributed by atoms with E-state index in [-0.39, 0.29) is 5.91 Å². The quantitative estimate of drug-likeness (QED) is 0.390. The molecule has 0 saturated heterocycles. The van der Waals surface area contributed by atoms with Crippen molar-refractivity contribution >= 4 is 45.9 Å². The molecule has 3 aromatic rings. The summed E-state index contributed by atoms with van der Waals surface area (Å²) in [6.07, 6.45) is 3.81. The van der Waals surface area contributed by atoms with Crippen molar-refractivity contribution in [2.24, 2.45) is 0 Å². The van der Waals surface area contributed by atoms with Crippen LogP contribution in [0, 0.1) is 0 Å². The molecule has 5 nitrogen and oxygen atoms in total. The first-order chi connectivity index (χ1) is 15.5. The molecule has 1 amide bonds. The second-order valence-electron chi connectivity index (χ2n) is 7.49. The van der Waals surface area contributed by atoms with Gasteiger partial charge in [-0.2, -0.15) is 0 Å². The van der Waals surface area contributed by atoms with E-state index in [0.717, 1.165) is 42.1 Å². The summed E-state index contributed by atoms with van der Waals surface area (Å²) in [6, 6.07) is 17.6. The average molecular weight is 467 g/mol. The molecule has 2 aromatic carbocycles. The molecule has 7 heteroatoms. The fourth-order valence-electron chi connectivity index (χ4n) is 3.77. The highest BCUT2D eigenvalue weighted by atomic mass is 35.5. The smallest absolute Gasteiger partial charge is 0.341 e. The highest BCUT2D eigenvalue weighted by Crippen LogP contribution is 2.38. The number of esters is 1. The molecule has 1 N–H and O–H groups in total. The van der Waals surface area contributed by atoms with E-state index in [4.69, 9.17) is 16.3 Å². The molecule has 0 radical (unpaired) electrons. The number of benzene rings is 2. The van der Waals surface area contributed by atoms with E-state index in [2.05, 4.69) is 22.3 Å². The first kappa shape index (κ1) is 22.3. The maximum absolute atomic E-state index is 12.6. The van der Waals surface area contributed by atoms with Gasteiger partial charge in [0.05, 0.1) is 12.7 Å². The number of amides is 1. The van der Waals surface area contributed by atoms with E-state index in [1.807, 2.05) is 36.4 Å². The van der Waals surface area contributed by atoms with Gasteiger partial charge >= 0.3 is 5.97 Å². The third-order valence-electron chi connectivity index (χ3n) is 5.33. The van der Waals surface area contributed by atoms with Crippen LogP contribution >= 0.6 is 22.9 Å². The number of rotatable bonds is 6. The van der Waals surface area contributed by atoms with E-state index < -0.39 is 5.97 Å². The summed E-state index contributed by atoms with van der Waals surface area (Å²) in [6.45, 7) is 2.40. The minimum absolute atomic E-state index is 0.324. The fourth-order valence-corrected chi connectivity index (χ4v) is 5.25. The Morgan fingerprint density at radius 2 is 1.91 bits per heavy atom. The van der Waals surface area contributed by atoms with Gasteiger partial charge in [-0.25, -0.2) is 4.79 Å². The van der Waals surface area contributed by atoms with Crippen molar-refractivity contribution < 1.29 is 14.3 Å². The number of hydrogen-bond donors (Lipinski definition) is 1. The standard InChI is InChI=1S/C25H23ClN2O3S/c1-31-25(30)23-19-13-14-28(15-17-7-3-2-4-8-17)16-21(19)32-24(23)27-22(29)12-11-18-9-5-6-10-20(18)26/h2-12H,13-16H2,1H3,(H,27,29)/b12-11-. The van der Waals surface area contributed by atoms with Crippen molar-refractivity contribution in [1.82, 2.24) is 4.90 Å². The number of carbonyl (C=O) groups excluding carboxylic acids is 2. The van der Waals surface area contributed by atoms with Crippen LogP contribution in [-0.2, 0) is 29.0 Å². The molecule has 1 aromatic heterocycles. The van der Waals surface area contributed by atoms with Crippen molar-refractivity contribution in [2.45, 2.75) is 19.5 Å². The zero-order valence-corrected chi connectivity index (χ0v) is 19.2. The number of nitrogens with one attached hydrogen (secondary N) is 1. The number of anilines is 1. The average Bonchev–Trinajstić information content (AvgIpc) is 3.15. The topological polar surface area (TPSA) is 58.6 Å². The molecule has 4 rings (SSSR count). The van der Waals surface area contributed by atoms with E-state index in [1.54, 1.807) is 12.1 Å². The van der Waals surface area contributed by atoms with Gasteiger partial charge in [0.2, 0.25) is 5.91 Å². The molecule has 32 heavy (non-hydrogen) atoms. The van der Waals surface area contributed by atoms with Gasteiger partial charge in [0.1, 0.15) is 5.00 Å². The van der Waals surface area contributed by atoms with Crippen LogP contribution < -0.4 is 5.32 Å². The molecular weight excluding hydrogens is 444 g/mol. The molecule has 0 spiro atoms. The van der Waals surface area contributed by atoms with Gasteiger partial charge in [0.25, 0.3) is 0 Å². The Balaban J connectivity index is 1.53. The first-order valence-electron chi connectivity index (χ1n) is 10.3. The number of methoxy groups -OCH3 is 1. The van der Waals surface area contributed by atoms with Gasteiger partial charge in [0, 0.05) is 35.6 Å². The third kappa shape index (κ3) is 5.10. The third-order valence-corrected chi connectivity index (χ3v) is 6.81. The van der Waals surface area contributed by atoms with Gasteiger partial charge in [-0.3, -0.25) is 9.69 Å². The molecular formula is C25H23ClN2O3S. The summed E-state index contributed by atoms with van der Waals surface area (Å²) >= 11 is 7.59. The maximum atomic E-state index is 12.6. The SMILES string of the molecule is COC(=O)c1c(NC(=O)/C=C\c2ccccc2Cl)sc2c1CCN(Cc1ccccc1)C2. The van der Waals surface area contributed by atoms with E-state index in [9.17, 15) is 9.59 Å². The summed E-state index contributed by atoms with van der Waals surface area (Å²) in [7, 11) is 1.36. The van der Waals surface area contributed by atoms with Crippen LogP contribution in [0.1, 0.15) is 31.9 Å². The lowest BCUT2D eigenvalue weighted by molar-refractivity contribution is -0.111. The highest BCUT2D eigenvalue weighted by molar-refractivity contribution is 7.17. The Morgan fingerprint density at radius 1 is 1.16 bits per heavy atom. The van der Waals surface area contributed by atoms with Gasteiger partial charge in [0.15, 0.2) is 0 Å². The van der Waals surface area contributed by atoms with Gasteiger partial charge in [-0.05, 0) is 35.3 Å². The maximum Gasteiger partial charge on any atom is 0.341 e. The molecule has 0 saturated carbocycles. The number of carbonyl (C=O) groups is 2. The largest absolute Gasteiger partial charge is 0.465 e. The number of hydrogen-bond acceptors (Lipinski definition) is 5. The number of thiophene rings is 1. The summed E-state index contributed by atoms with van der Waals surface area (Å²) in [4.78, 5) is 28.5. The summed E-state index contributed by atoms with van der Waals surface area (Å²) in [5.74, 6) is -0.751. The Labute approximate surface area is 196 Å². The molecule has 0 aliphatic carbocycles. The number of halogens is 1. The van der Waals surface area contributed by atoms with Crippen molar-refractivity contribution in [3.63, 3.8) is 0 Å². The molecule has 164 valence electrons. The fraction of sp³-hybridized carbons (Fsp3) is 0.200. The van der Waals surface area contributed by atoms with Gasteiger partial charge in [-0.15, -0.1) is 11.3 Å². The van der Waals surface area contributed by atoms with Crippen LogP contribution in [0.5, 0.6) is 0 Å². The predicted molar refractivity (Wildman–Crippen MR) is 129 cm³/mol. The van der Waals surface area contributed by atoms with Crippen LogP contribution in [0.15, 0.2) is 60.7 Å². The van der Waals surface area contributed by atoms with Crippen molar-refractivity contribution in [3.05, 3.63) is 92.8 Å². The summed E-state index contributed by atoms with van der Waals surface area (Å²) in [5, 5.41) is 3.96. The number of nitrogens with zero attached hydrogens (tertiary/aromatic N) is 1. The molecule has 1 aliphatic rings. The van der Waals surface area contributed by atoms with Crippen LogP contribution in [0.2, 0.25) is 5.02 Å². The molecule has 0 unspecified atom stereocenters. The molecule has 0 atom stereocenters. The van der Waals surface area contributed by atoms with Crippen molar-refractivity contribution in [2.75, 3.05) is 19.0 Å². The minimum Gasteiger partial charge on any atom is -0.465 e. The second kappa shape index (κ2) is 10.1. The summed E-state index contributed by atoms with van der Waals surface area (Å²) < 4.78 is 5.02. The predicted octanol–water partition coefficient (Wildman–Crippen LogP) is 5.40. The molecule has 1 aliphatic heterocycles. The number of ether oxygens (including phenoxy) is 1. The second-order valence-corrected chi connectivity index (χ2v) is 9.00. The van der Waals surface area contributed by atoms with E-state index >= 15 is 0 Å². The van der Waals surface area contributed by atoms with Gasteiger partial charge in [-0.1, -0.05) is 60.1 Å². The lowest BCUT2D eigenvalue weighted by atomic mass is 10.0. The Hall–Kier alpha value is -2.93. The molecule has 2 heterocycles. The van der Waals surface area contributed by atoms with Crippen LogP contribution in [-0.4, -0.2) is 30.4 Å². The van der Waals surface area contributed by atoms with Crippen LogP contribution in [0.4, 0.5) is 5.00 Å². The lowest BCUT2D eigenvalue weighted by Crippen LogP contribution is -2.29. The normalized spacial score (nSPS) is 13.7. The van der Waals surface area contributed by atoms with Crippen LogP contribution in [0.3, 0.4) is 0 Å².